The van der Waals surface area contributed by atoms with Gasteiger partial charge in [-0.05, 0) is 43.8 Å². The van der Waals surface area contributed by atoms with Crippen molar-refractivity contribution in [1.29, 1.82) is 0 Å². The van der Waals surface area contributed by atoms with Crippen molar-refractivity contribution in [2.45, 2.75) is 6.04 Å². The summed E-state index contributed by atoms with van der Waals surface area (Å²) in [7, 11) is 7.25. The Kier molecular flexibility index (Phi) is 6.20. The smallest absolute Gasteiger partial charge is 0.255 e. The van der Waals surface area contributed by atoms with Crippen molar-refractivity contribution >= 4 is 28.5 Å². The molecule has 31 heavy (non-hydrogen) atoms. The number of hydrogen-bond donors (Lipinski definition) is 1. The number of anilines is 1. The van der Waals surface area contributed by atoms with Crippen molar-refractivity contribution in [3.8, 4) is 11.5 Å². The van der Waals surface area contributed by atoms with Gasteiger partial charge in [-0.25, -0.2) is 0 Å². The zero-order chi connectivity index (χ0) is 22.0. The molecule has 2 aromatic rings. The Bertz CT molecular complexity index is 1050. The van der Waals surface area contributed by atoms with Gasteiger partial charge >= 0.3 is 0 Å². The number of aliphatic imine (C=N–C) groups is 1. The van der Waals surface area contributed by atoms with Gasteiger partial charge in [-0.3, -0.25) is 9.79 Å². The number of fused-ring (bicyclic) bond motifs is 1. The number of methoxy groups -OCH3 is 2. The molecule has 0 aliphatic carbocycles. The number of thioether (sulfide) groups is 1. The van der Waals surface area contributed by atoms with Crippen molar-refractivity contribution in [1.82, 2.24) is 9.80 Å². The number of para-hydroxylation sites is 1. The molecule has 8 heteroatoms. The molecular weight excluding hydrogens is 412 g/mol. The van der Waals surface area contributed by atoms with E-state index >= 15 is 0 Å². The van der Waals surface area contributed by atoms with Gasteiger partial charge in [-0.1, -0.05) is 30.0 Å². The maximum Gasteiger partial charge on any atom is 0.255 e. The highest BCUT2D eigenvalue weighted by molar-refractivity contribution is 8.16. The molecule has 0 aromatic heterocycles. The Morgan fingerprint density at radius 1 is 1.19 bits per heavy atom. The summed E-state index contributed by atoms with van der Waals surface area (Å²) in [6.45, 7) is 1.64. The van der Waals surface area contributed by atoms with Gasteiger partial charge in [0.15, 0.2) is 16.7 Å². The molecule has 0 radical (unpaired) electrons. The lowest BCUT2D eigenvalue weighted by atomic mass is 10.0. The Labute approximate surface area is 186 Å². The largest absolute Gasteiger partial charge is 0.493 e. The minimum atomic E-state index is -0.206. The fourth-order valence-corrected chi connectivity index (χ4v) is 4.65. The summed E-state index contributed by atoms with van der Waals surface area (Å²) in [5.41, 5.74) is 3.52. The predicted molar refractivity (Wildman–Crippen MR) is 125 cm³/mol. The lowest BCUT2D eigenvalue weighted by Crippen LogP contribution is -2.28. The average Bonchev–Trinajstić information content (AvgIpc) is 3.35. The number of carbonyl (C=O) groups is 1. The van der Waals surface area contributed by atoms with E-state index in [9.17, 15) is 4.79 Å². The average molecular weight is 439 g/mol. The number of rotatable bonds is 7. The molecule has 2 aromatic carbocycles. The zero-order valence-corrected chi connectivity index (χ0v) is 18.9. The normalized spacial score (nSPS) is 17.3. The van der Waals surface area contributed by atoms with Crippen molar-refractivity contribution in [3.05, 3.63) is 64.7 Å². The SMILES string of the molecule is COc1ccc(C(=O)Nc2ccccc2C2CN3C(CN(C)C)=CSC3=N2)cc1OC. The molecule has 1 unspecified atom stereocenters. The number of nitrogens with one attached hydrogen (secondary N) is 1. The lowest BCUT2D eigenvalue weighted by molar-refractivity contribution is 0.102. The van der Waals surface area contributed by atoms with E-state index in [1.165, 1.54) is 5.70 Å². The molecule has 4 rings (SSSR count). The molecule has 0 saturated heterocycles. The predicted octanol–water partition coefficient (Wildman–Crippen LogP) is 3.82. The molecule has 1 amide bonds. The van der Waals surface area contributed by atoms with Crippen LogP contribution in [-0.4, -0.2) is 62.3 Å². The summed E-state index contributed by atoms with van der Waals surface area (Å²) in [5.74, 6) is 0.895. The number of nitrogens with zero attached hydrogens (tertiary/aromatic N) is 3. The first kappa shape index (κ1) is 21.3. The third-order valence-electron chi connectivity index (χ3n) is 5.19. The molecule has 0 saturated carbocycles. The first-order valence-corrected chi connectivity index (χ1v) is 10.9. The summed E-state index contributed by atoms with van der Waals surface area (Å²) in [6.07, 6.45) is 0. The number of amides is 1. The number of hydrogen-bond acceptors (Lipinski definition) is 7. The van der Waals surface area contributed by atoms with Crippen LogP contribution in [0.15, 0.2) is 58.6 Å². The van der Waals surface area contributed by atoms with Crippen molar-refractivity contribution in [2.24, 2.45) is 4.99 Å². The van der Waals surface area contributed by atoms with Crippen molar-refractivity contribution < 1.29 is 14.3 Å². The molecule has 2 aliphatic rings. The molecule has 162 valence electrons. The standard InChI is InChI=1S/C23H26N4O3S/c1-26(2)12-16-14-31-23-25-19(13-27(16)23)17-7-5-6-8-18(17)24-22(28)15-9-10-20(29-3)21(11-15)30-4/h5-11,14,19H,12-13H2,1-4H3,(H,24,28). The Morgan fingerprint density at radius 2 is 1.97 bits per heavy atom. The zero-order valence-electron chi connectivity index (χ0n) is 18.1. The topological polar surface area (TPSA) is 66.4 Å². The van der Waals surface area contributed by atoms with Gasteiger partial charge in [-0.15, -0.1) is 0 Å². The summed E-state index contributed by atoms with van der Waals surface area (Å²) in [5, 5.41) is 6.23. The fraction of sp³-hybridized carbons (Fsp3) is 0.304. The molecule has 0 fully saturated rings. The van der Waals surface area contributed by atoms with Gasteiger partial charge < -0.3 is 24.6 Å². The summed E-state index contributed by atoms with van der Waals surface area (Å²) in [6, 6.07) is 12.9. The van der Waals surface area contributed by atoms with Gasteiger partial charge in [0.2, 0.25) is 0 Å². The second-order valence-corrected chi connectivity index (χ2v) is 8.45. The Morgan fingerprint density at radius 3 is 2.71 bits per heavy atom. The molecule has 2 heterocycles. The van der Waals surface area contributed by atoms with E-state index in [0.29, 0.717) is 17.1 Å². The van der Waals surface area contributed by atoms with E-state index in [1.54, 1.807) is 44.2 Å². The van der Waals surface area contributed by atoms with Gasteiger partial charge in [0.25, 0.3) is 5.91 Å². The van der Waals surface area contributed by atoms with Crippen LogP contribution in [0.3, 0.4) is 0 Å². The van der Waals surface area contributed by atoms with Crippen LogP contribution in [0.2, 0.25) is 0 Å². The molecule has 7 nitrogen and oxygen atoms in total. The van der Waals surface area contributed by atoms with E-state index in [0.717, 1.165) is 29.5 Å². The third kappa shape index (κ3) is 4.40. The molecular formula is C23H26N4O3S. The lowest BCUT2D eigenvalue weighted by Gasteiger charge is -2.21. The number of benzene rings is 2. The van der Waals surface area contributed by atoms with Crippen LogP contribution in [0, 0.1) is 0 Å². The van der Waals surface area contributed by atoms with Crippen LogP contribution in [0.25, 0.3) is 0 Å². The second-order valence-electron chi connectivity index (χ2n) is 7.61. The van der Waals surface area contributed by atoms with Gasteiger partial charge in [0, 0.05) is 29.1 Å². The molecule has 2 aliphatic heterocycles. The Balaban J connectivity index is 1.53. The highest BCUT2D eigenvalue weighted by Gasteiger charge is 2.33. The van der Waals surface area contributed by atoms with E-state index in [4.69, 9.17) is 14.5 Å². The fourth-order valence-electron chi connectivity index (χ4n) is 3.70. The number of ether oxygens (including phenoxy) is 2. The molecule has 0 bridgehead atoms. The van der Waals surface area contributed by atoms with Crippen molar-refractivity contribution in [2.75, 3.05) is 46.7 Å². The molecule has 1 atom stereocenters. The highest BCUT2D eigenvalue weighted by Crippen LogP contribution is 2.39. The first-order valence-electron chi connectivity index (χ1n) is 9.98. The van der Waals surface area contributed by atoms with Crippen LogP contribution in [-0.2, 0) is 0 Å². The number of amidine groups is 1. The minimum Gasteiger partial charge on any atom is -0.493 e. The summed E-state index contributed by atoms with van der Waals surface area (Å²) >= 11 is 1.66. The summed E-state index contributed by atoms with van der Waals surface area (Å²) < 4.78 is 10.6. The minimum absolute atomic E-state index is 0.0322. The van der Waals surface area contributed by atoms with E-state index < -0.39 is 0 Å². The maximum atomic E-state index is 12.9. The first-order chi connectivity index (χ1) is 15.0. The van der Waals surface area contributed by atoms with E-state index in [-0.39, 0.29) is 11.9 Å². The van der Waals surface area contributed by atoms with Crippen LogP contribution in [0.1, 0.15) is 22.0 Å². The quantitative estimate of drug-likeness (QED) is 0.709. The van der Waals surface area contributed by atoms with Gasteiger partial charge in [0.05, 0.1) is 26.8 Å². The molecule has 0 spiro atoms. The van der Waals surface area contributed by atoms with Crippen LogP contribution >= 0.6 is 11.8 Å². The van der Waals surface area contributed by atoms with Gasteiger partial charge in [0.1, 0.15) is 0 Å². The summed E-state index contributed by atoms with van der Waals surface area (Å²) in [4.78, 5) is 22.3. The number of likely N-dealkylation sites (N-methyl/N-ethyl adjacent to an activating group) is 1. The van der Waals surface area contributed by atoms with Crippen LogP contribution < -0.4 is 14.8 Å². The maximum absolute atomic E-state index is 12.9. The number of carbonyl (C=O) groups excluding carboxylic acids is 1. The van der Waals surface area contributed by atoms with E-state index in [2.05, 4.69) is 34.6 Å². The van der Waals surface area contributed by atoms with Crippen molar-refractivity contribution in [3.63, 3.8) is 0 Å². The highest BCUT2D eigenvalue weighted by atomic mass is 32.2. The second kappa shape index (κ2) is 9.03. The monoisotopic (exact) mass is 438 g/mol. The Hall–Kier alpha value is -2.97. The van der Waals surface area contributed by atoms with Gasteiger partial charge in [-0.2, -0.15) is 0 Å². The third-order valence-corrected chi connectivity index (χ3v) is 6.12. The van der Waals surface area contributed by atoms with Crippen LogP contribution in [0.5, 0.6) is 11.5 Å². The van der Waals surface area contributed by atoms with Crippen LogP contribution in [0.4, 0.5) is 5.69 Å². The molecule has 1 N–H and O–H groups in total. The van der Waals surface area contributed by atoms with E-state index in [1.807, 2.05) is 24.3 Å².